The van der Waals surface area contributed by atoms with Crippen LogP contribution in [0.15, 0.2) is 30.3 Å². The number of para-hydroxylation sites is 1. The molecule has 3 N–H and O–H groups in total. The molecule has 0 saturated carbocycles. The number of likely N-dealkylation sites (tertiary alicyclic amines) is 1. The van der Waals surface area contributed by atoms with Crippen molar-refractivity contribution in [2.24, 2.45) is 11.8 Å². The van der Waals surface area contributed by atoms with Crippen molar-refractivity contribution in [2.45, 2.75) is 82.7 Å². The van der Waals surface area contributed by atoms with E-state index < -0.39 is 35.1 Å². The van der Waals surface area contributed by atoms with Crippen LogP contribution in [0.5, 0.6) is 0 Å². The lowest BCUT2D eigenvalue weighted by molar-refractivity contribution is -0.148. The van der Waals surface area contributed by atoms with Gasteiger partial charge in [0.1, 0.15) is 11.6 Å². The number of amides is 3. The Hall–Kier alpha value is -2.45. The molecule has 1 spiro atoms. The number of carbonyl (C=O) groups is 3. The average molecular weight is 458 g/mol. The van der Waals surface area contributed by atoms with Gasteiger partial charge in [-0.3, -0.25) is 14.4 Å². The molecule has 3 saturated heterocycles. The summed E-state index contributed by atoms with van der Waals surface area (Å²) in [5.74, 6) is -2.35. The highest BCUT2D eigenvalue weighted by Crippen LogP contribution is 2.63. The first kappa shape index (κ1) is 23.7. The predicted octanol–water partition coefficient (Wildman–Crippen LogP) is 2.08. The van der Waals surface area contributed by atoms with E-state index >= 15 is 0 Å². The van der Waals surface area contributed by atoms with Crippen LogP contribution < -0.4 is 10.6 Å². The Morgan fingerprint density at radius 2 is 1.91 bits per heavy atom. The summed E-state index contributed by atoms with van der Waals surface area (Å²) in [5, 5.41) is 15.9. The molecule has 3 unspecified atom stereocenters. The summed E-state index contributed by atoms with van der Waals surface area (Å²) < 4.78 is 6.55. The molecule has 0 aromatic heterocycles. The van der Waals surface area contributed by atoms with E-state index in [1.54, 1.807) is 19.1 Å². The molecule has 1 aromatic rings. The standard InChI is InChI=1S/C25H35N3O5/c1-5-9-15(2)26-22(31)20-25-13-12-24(4,33-25)18(19(25)23(32)28(20)16(3)14-29)21(30)27-17-10-7-6-8-11-17/h6-8,10-11,15-16,18-20,29H,5,9,12-14H2,1-4H3,(H,26,31)(H,27,30)/t15?,16-,18+,19+,20?,24-,25?/m1/s1. The first-order valence-corrected chi connectivity index (χ1v) is 12.0. The van der Waals surface area contributed by atoms with Crippen LogP contribution in [0.4, 0.5) is 5.69 Å². The normalized spacial score (nSPS) is 34.2. The number of benzene rings is 1. The van der Waals surface area contributed by atoms with Crippen molar-refractivity contribution in [1.29, 1.82) is 0 Å². The summed E-state index contributed by atoms with van der Waals surface area (Å²) in [7, 11) is 0. The second-order valence-corrected chi connectivity index (χ2v) is 10.1. The van der Waals surface area contributed by atoms with E-state index in [4.69, 9.17) is 4.74 Å². The molecular formula is C25H35N3O5. The Labute approximate surface area is 195 Å². The van der Waals surface area contributed by atoms with Crippen molar-refractivity contribution in [3.8, 4) is 0 Å². The molecule has 3 heterocycles. The highest BCUT2D eigenvalue weighted by Gasteiger charge is 2.78. The molecule has 3 amide bonds. The summed E-state index contributed by atoms with van der Waals surface area (Å²) >= 11 is 0. The predicted molar refractivity (Wildman–Crippen MR) is 123 cm³/mol. The van der Waals surface area contributed by atoms with Gasteiger partial charge in [-0.15, -0.1) is 0 Å². The number of hydrogen-bond acceptors (Lipinski definition) is 5. The Morgan fingerprint density at radius 3 is 2.55 bits per heavy atom. The molecule has 7 atom stereocenters. The fourth-order valence-corrected chi connectivity index (χ4v) is 6.19. The molecule has 0 aliphatic carbocycles. The fraction of sp³-hybridized carbons (Fsp3) is 0.640. The topological polar surface area (TPSA) is 108 Å². The molecular weight excluding hydrogens is 422 g/mol. The lowest BCUT2D eigenvalue weighted by Crippen LogP contribution is -2.58. The van der Waals surface area contributed by atoms with Crippen molar-refractivity contribution in [3.05, 3.63) is 30.3 Å². The molecule has 33 heavy (non-hydrogen) atoms. The van der Waals surface area contributed by atoms with Gasteiger partial charge in [0.2, 0.25) is 17.7 Å². The number of aliphatic hydroxyl groups excluding tert-OH is 1. The van der Waals surface area contributed by atoms with Crippen LogP contribution in [-0.2, 0) is 19.1 Å². The number of fused-ring (bicyclic) bond motifs is 1. The van der Waals surface area contributed by atoms with Crippen LogP contribution in [0, 0.1) is 11.8 Å². The number of anilines is 1. The highest BCUT2D eigenvalue weighted by atomic mass is 16.5. The molecule has 3 aliphatic heterocycles. The molecule has 8 heteroatoms. The van der Waals surface area contributed by atoms with E-state index in [9.17, 15) is 19.5 Å². The summed E-state index contributed by atoms with van der Waals surface area (Å²) in [6, 6.07) is 7.63. The zero-order valence-electron chi connectivity index (χ0n) is 19.8. The van der Waals surface area contributed by atoms with Gasteiger partial charge in [0.25, 0.3) is 0 Å². The highest BCUT2D eigenvalue weighted by molar-refractivity contribution is 6.02. The van der Waals surface area contributed by atoms with Crippen molar-refractivity contribution in [3.63, 3.8) is 0 Å². The molecule has 1 aromatic carbocycles. The Kier molecular flexibility index (Phi) is 6.26. The largest absolute Gasteiger partial charge is 0.394 e. The van der Waals surface area contributed by atoms with Gasteiger partial charge >= 0.3 is 0 Å². The van der Waals surface area contributed by atoms with Crippen molar-refractivity contribution in [1.82, 2.24) is 10.2 Å². The third-order valence-corrected chi connectivity index (χ3v) is 7.64. The second-order valence-electron chi connectivity index (χ2n) is 10.1. The number of hydrogen-bond donors (Lipinski definition) is 3. The number of carbonyl (C=O) groups excluding carboxylic acids is 3. The summed E-state index contributed by atoms with van der Waals surface area (Å²) in [5.41, 5.74) is -1.26. The van der Waals surface area contributed by atoms with E-state index in [2.05, 4.69) is 17.6 Å². The second kappa shape index (κ2) is 8.72. The molecule has 8 nitrogen and oxygen atoms in total. The van der Waals surface area contributed by atoms with Crippen LogP contribution in [-0.4, -0.2) is 63.7 Å². The van der Waals surface area contributed by atoms with Crippen molar-refractivity contribution in [2.75, 3.05) is 11.9 Å². The maximum absolute atomic E-state index is 13.8. The Balaban J connectivity index is 1.70. The molecule has 2 bridgehead atoms. The lowest BCUT2D eigenvalue weighted by Gasteiger charge is -2.36. The smallest absolute Gasteiger partial charge is 0.246 e. The molecule has 180 valence electrons. The van der Waals surface area contributed by atoms with E-state index in [0.717, 1.165) is 12.8 Å². The zero-order chi connectivity index (χ0) is 24.0. The number of nitrogens with zero attached hydrogens (tertiary/aromatic N) is 1. The van der Waals surface area contributed by atoms with Gasteiger partial charge < -0.3 is 25.4 Å². The minimum absolute atomic E-state index is 0.0503. The van der Waals surface area contributed by atoms with Gasteiger partial charge in [-0.1, -0.05) is 31.5 Å². The molecule has 4 rings (SSSR count). The van der Waals surface area contributed by atoms with Crippen LogP contribution in [0.25, 0.3) is 0 Å². The minimum atomic E-state index is -1.08. The molecule has 3 fully saturated rings. The van der Waals surface area contributed by atoms with Gasteiger partial charge in [-0.05, 0) is 52.2 Å². The van der Waals surface area contributed by atoms with Crippen LogP contribution in [0.1, 0.15) is 53.4 Å². The molecule has 0 radical (unpaired) electrons. The van der Waals surface area contributed by atoms with Gasteiger partial charge in [0.05, 0.1) is 30.1 Å². The van der Waals surface area contributed by atoms with Gasteiger partial charge in [-0.25, -0.2) is 0 Å². The number of ether oxygens (including phenoxy) is 1. The van der Waals surface area contributed by atoms with Gasteiger partial charge in [-0.2, -0.15) is 0 Å². The van der Waals surface area contributed by atoms with Crippen LogP contribution in [0.3, 0.4) is 0 Å². The van der Waals surface area contributed by atoms with Crippen LogP contribution >= 0.6 is 0 Å². The van der Waals surface area contributed by atoms with Crippen LogP contribution in [0.2, 0.25) is 0 Å². The SMILES string of the molecule is CCCC(C)NC(=O)C1N([C@H](C)CO)C(=O)[C@@H]2[C@@H](C(=O)Nc3ccccc3)[C@@]3(C)CCC12O3. The van der Waals surface area contributed by atoms with E-state index in [1.165, 1.54) is 4.90 Å². The summed E-state index contributed by atoms with van der Waals surface area (Å²) in [6.45, 7) is 7.31. The van der Waals surface area contributed by atoms with Gasteiger partial charge in [0, 0.05) is 11.7 Å². The maximum atomic E-state index is 13.8. The maximum Gasteiger partial charge on any atom is 0.246 e. The van der Waals surface area contributed by atoms with Gasteiger partial charge in [0.15, 0.2) is 0 Å². The number of rotatable bonds is 8. The lowest BCUT2D eigenvalue weighted by atomic mass is 9.66. The number of aliphatic hydroxyl groups is 1. The van der Waals surface area contributed by atoms with Crippen molar-refractivity contribution >= 4 is 23.4 Å². The summed E-state index contributed by atoms with van der Waals surface area (Å²) in [6.07, 6.45) is 2.84. The summed E-state index contributed by atoms with van der Waals surface area (Å²) in [4.78, 5) is 42.3. The molecule has 3 aliphatic rings. The van der Waals surface area contributed by atoms with E-state index in [-0.39, 0.29) is 30.4 Å². The van der Waals surface area contributed by atoms with Crippen molar-refractivity contribution < 1.29 is 24.2 Å². The first-order chi connectivity index (χ1) is 15.7. The third kappa shape index (κ3) is 3.73. The first-order valence-electron chi connectivity index (χ1n) is 12.0. The van der Waals surface area contributed by atoms with E-state index in [0.29, 0.717) is 18.5 Å². The number of nitrogens with one attached hydrogen (secondary N) is 2. The minimum Gasteiger partial charge on any atom is -0.394 e. The quantitative estimate of drug-likeness (QED) is 0.554. The zero-order valence-corrected chi connectivity index (χ0v) is 19.8. The monoisotopic (exact) mass is 457 g/mol. The van der Waals surface area contributed by atoms with E-state index in [1.807, 2.05) is 32.0 Å². The Bertz CT molecular complexity index is 924. The average Bonchev–Trinajstić information content (AvgIpc) is 3.34. The fourth-order valence-electron chi connectivity index (χ4n) is 6.19. The third-order valence-electron chi connectivity index (χ3n) is 7.64. The Morgan fingerprint density at radius 1 is 1.21 bits per heavy atom.